The van der Waals surface area contributed by atoms with E-state index in [1.54, 1.807) is 36.4 Å². The number of hydrogen-bond acceptors (Lipinski definition) is 4. The Bertz CT molecular complexity index is 681. The van der Waals surface area contributed by atoms with Crippen LogP contribution in [0.15, 0.2) is 48.5 Å². The van der Waals surface area contributed by atoms with Crippen molar-refractivity contribution in [2.24, 2.45) is 0 Å². The summed E-state index contributed by atoms with van der Waals surface area (Å²) in [5, 5.41) is 2.79. The molecule has 1 amide bonds. The van der Waals surface area contributed by atoms with Gasteiger partial charge >= 0.3 is 0 Å². The van der Waals surface area contributed by atoms with E-state index in [2.05, 4.69) is 5.32 Å². The second-order valence-electron chi connectivity index (χ2n) is 5.17. The van der Waals surface area contributed by atoms with Crippen molar-refractivity contribution in [2.75, 3.05) is 17.7 Å². The molecule has 0 saturated heterocycles. The standard InChI is InChI=1S/C18H20N2O3/c1-13(21)14-8-10-15(11-9-14)20-18(22)7-4-12-23-17-6-3-2-5-16(17)19/h2-3,5-6,8-11H,4,7,12,19H2,1H3,(H,20,22). The van der Waals surface area contributed by atoms with Crippen molar-refractivity contribution >= 4 is 23.1 Å². The smallest absolute Gasteiger partial charge is 0.224 e. The van der Waals surface area contributed by atoms with E-state index in [-0.39, 0.29) is 11.7 Å². The third kappa shape index (κ3) is 5.14. The maximum Gasteiger partial charge on any atom is 0.224 e. The number of carbonyl (C=O) groups is 2. The Morgan fingerprint density at radius 3 is 2.43 bits per heavy atom. The summed E-state index contributed by atoms with van der Waals surface area (Å²) in [6, 6.07) is 14.1. The van der Waals surface area contributed by atoms with Gasteiger partial charge in [0.25, 0.3) is 0 Å². The minimum Gasteiger partial charge on any atom is -0.491 e. The number of nitrogens with one attached hydrogen (secondary N) is 1. The topological polar surface area (TPSA) is 81.4 Å². The van der Waals surface area contributed by atoms with Crippen LogP contribution in [0.25, 0.3) is 0 Å². The van der Waals surface area contributed by atoms with Crippen molar-refractivity contribution in [3.8, 4) is 5.75 Å². The van der Waals surface area contributed by atoms with Crippen molar-refractivity contribution < 1.29 is 14.3 Å². The van der Waals surface area contributed by atoms with Gasteiger partial charge in [0.2, 0.25) is 5.91 Å². The normalized spacial score (nSPS) is 10.1. The van der Waals surface area contributed by atoms with E-state index in [0.717, 1.165) is 0 Å². The van der Waals surface area contributed by atoms with E-state index in [0.29, 0.717) is 42.1 Å². The fourth-order valence-corrected chi connectivity index (χ4v) is 2.04. The summed E-state index contributed by atoms with van der Waals surface area (Å²) in [5.74, 6) is 0.540. The van der Waals surface area contributed by atoms with Crippen LogP contribution in [0, 0.1) is 0 Å². The zero-order valence-corrected chi connectivity index (χ0v) is 13.0. The number of ether oxygens (including phenoxy) is 1. The molecule has 0 radical (unpaired) electrons. The van der Waals surface area contributed by atoms with Gasteiger partial charge in [-0.25, -0.2) is 0 Å². The van der Waals surface area contributed by atoms with Crippen LogP contribution < -0.4 is 15.8 Å². The summed E-state index contributed by atoms with van der Waals surface area (Å²) in [7, 11) is 0. The number of nitrogen functional groups attached to an aromatic ring is 1. The van der Waals surface area contributed by atoms with E-state index in [1.165, 1.54) is 6.92 Å². The van der Waals surface area contributed by atoms with Gasteiger partial charge in [0.1, 0.15) is 5.75 Å². The SMILES string of the molecule is CC(=O)c1ccc(NC(=O)CCCOc2ccccc2N)cc1. The fourth-order valence-electron chi connectivity index (χ4n) is 2.04. The minimum absolute atomic E-state index is 0.000195. The summed E-state index contributed by atoms with van der Waals surface area (Å²) in [6.07, 6.45) is 0.937. The Balaban J connectivity index is 1.73. The molecule has 5 nitrogen and oxygen atoms in total. The van der Waals surface area contributed by atoms with Crippen LogP contribution in [-0.2, 0) is 4.79 Å². The highest BCUT2D eigenvalue weighted by Gasteiger charge is 2.05. The largest absolute Gasteiger partial charge is 0.491 e. The molecular formula is C18H20N2O3. The summed E-state index contributed by atoms with van der Waals surface area (Å²) < 4.78 is 5.54. The molecule has 0 fully saturated rings. The van der Waals surface area contributed by atoms with E-state index < -0.39 is 0 Å². The predicted molar refractivity (Wildman–Crippen MR) is 90.7 cm³/mol. The van der Waals surface area contributed by atoms with E-state index in [4.69, 9.17) is 10.5 Å². The molecule has 0 aromatic heterocycles. The van der Waals surface area contributed by atoms with Crippen molar-refractivity contribution in [2.45, 2.75) is 19.8 Å². The second kappa shape index (κ2) is 7.98. The first-order chi connectivity index (χ1) is 11.1. The Morgan fingerprint density at radius 2 is 1.78 bits per heavy atom. The zero-order valence-electron chi connectivity index (χ0n) is 13.0. The average Bonchev–Trinajstić information content (AvgIpc) is 2.53. The molecule has 0 saturated carbocycles. The van der Waals surface area contributed by atoms with Gasteiger partial charge in [0.15, 0.2) is 5.78 Å². The Hall–Kier alpha value is -2.82. The number of carbonyl (C=O) groups excluding carboxylic acids is 2. The van der Waals surface area contributed by atoms with Gasteiger partial charge in [-0.05, 0) is 49.7 Å². The summed E-state index contributed by atoms with van der Waals surface area (Å²) in [5.41, 5.74) is 7.65. The van der Waals surface area contributed by atoms with E-state index in [1.807, 2.05) is 12.1 Å². The summed E-state index contributed by atoms with van der Waals surface area (Å²) in [4.78, 5) is 23.0. The van der Waals surface area contributed by atoms with Gasteiger partial charge in [0, 0.05) is 17.7 Å². The highest BCUT2D eigenvalue weighted by atomic mass is 16.5. The molecule has 0 heterocycles. The molecule has 0 aliphatic carbocycles. The van der Waals surface area contributed by atoms with Crippen LogP contribution in [0.3, 0.4) is 0 Å². The van der Waals surface area contributed by atoms with Gasteiger partial charge in [-0.15, -0.1) is 0 Å². The predicted octanol–water partition coefficient (Wildman–Crippen LogP) is 3.27. The number of benzene rings is 2. The zero-order chi connectivity index (χ0) is 16.7. The highest BCUT2D eigenvalue weighted by Crippen LogP contribution is 2.20. The monoisotopic (exact) mass is 312 g/mol. The molecule has 120 valence electrons. The lowest BCUT2D eigenvalue weighted by Crippen LogP contribution is -2.13. The molecular weight excluding hydrogens is 292 g/mol. The Morgan fingerprint density at radius 1 is 1.09 bits per heavy atom. The fraction of sp³-hybridized carbons (Fsp3) is 0.222. The first kappa shape index (κ1) is 16.5. The maximum atomic E-state index is 11.9. The van der Waals surface area contributed by atoms with Crippen LogP contribution in [0.4, 0.5) is 11.4 Å². The number of para-hydroxylation sites is 2. The Labute approximate surface area is 135 Å². The number of ketones is 1. The maximum absolute atomic E-state index is 11.9. The number of amides is 1. The number of Topliss-reactive ketones (excluding diaryl/α,β-unsaturated/α-hetero) is 1. The van der Waals surface area contributed by atoms with Gasteiger partial charge in [-0.3, -0.25) is 9.59 Å². The number of nitrogens with two attached hydrogens (primary N) is 1. The minimum atomic E-state index is -0.0924. The molecule has 2 rings (SSSR count). The first-order valence-electron chi connectivity index (χ1n) is 7.44. The molecule has 3 N–H and O–H groups in total. The van der Waals surface area contributed by atoms with Gasteiger partial charge < -0.3 is 15.8 Å². The highest BCUT2D eigenvalue weighted by molar-refractivity contribution is 5.95. The molecule has 0 bridgehead atoms. The quantitative estimate of drug-likeness (QED) is 0.467. The summed E-state index contributed by atoms with van der Waals surface area (Å²) in [6.45, 7) is 1.93. The Kier molecular flexibility index (Phi) is 5.74. The lowest BCUT2D eigenvalue weighted by molar-refractivity contribution is -0.116. The first-order valence-corrected chi connectivity index (χ1v) is 7.44. The van der Waals surface area contributed by atoms with Gasteiger partial charge in [0.05, 0.1) is 12.3 Å². The van der Waals surface area contributed by atoms with Crippen LogP contribution in [0.1, 0.15) is 30.1 Å². The number of anilines is 2. The van der Waals surface area contributed by atoms with Gasteiger partial charge in [-0.1, -0.05) is 12.1 Å². The third-order valence-electron chi connectivity index (χ3n) is 3.30. The van der Waals surface area contributed by atoms with E-state index in [9.17, 15) is 9.59 Å². The van der Waals surface area contributed by atoms with Crippen LogP contribution >= 0.6 is 0 Å². The summed E-state index contributed by atoms with van der Waals surface area (Å²) >= 11 is 0. The van der Waals surface area contributed by atoms with Gasteiger partial charge in [-0.2, -0.15) is 0 Å². The average molecular weight is 312 g/mol. The molecule has 0 atom stereocenters. The molecule has 0 unspecified atom stereocenters. The molecule has 0 spiro atoms. The molecule has 0 aliphatic heterocycles. The van der Waals surface area contributed by atoms with E-state index >= 15 is 0 Å². The second-order valence-corrected chi connectivity index (χ2v) is 5.17. The number of hydrogen-bond donors (Lipinski definition) is 2. The van der Waals surface area contributed by atoms with Crippen molar-refractivity contribution in [1.82, 2.24) is 0 Å². The van der Waals surface area contributed by atoms with Crippen molar-refractivity contribution in [3.63, 3.8) is 0 Å². The number of rotatable bonds is 7. The lowest BCUT2D eigenvalue weighted by atomic mass is 10.1. The van der Waals surface area contributed by atoms with Crippen LogP contribution in [0.5, 0.6) is 5.75 Å². The molecule has 2 aromatic rings. The molecule has 5 heteroatoms. The van der Waals surface area contributed by atoms with Crippen LogP contribution in [0.2, 0.25) is 0 Å². The molecule has 2 aromatic carbocycles. The lowest BCUT2D eigenvalue weighted by Gasteiger charge is -2.09. The molecule has 0 aliphatic rings. The van der Waals surface area contributed by atoms with Crippen molar-refractivity contribution in [3.05, 3.63) is 54.1 Å². The van der Waals surface area contributed by atoms with Crippen LogP contribution in [-0.4, -0.2) is 18.3 Å². The van der Waals surface area contributed by atoms with Crippen molar-refractivity contribution in [1.29, 1.82) is 0 Å². The third-order valence-corrected chi connectivity index (χ3v) is 3.30. The molecule has 23 heavy (non-hydrogen) atoms.